The number of rotatable bonds is 5. The molecule has 35 heavy (non-hydrogen) atoms. The van der Waals surface area contributed by atoms with E-state index in [9.17, 15) is 13.2 Å². The zero-order valence-corrected chi connectivity index (χ0v) is 19.7. The van der Waals surface area contributed by atoms with E-state index in [4.69, 9.17) is 5.73 Å². The number of nitrogens with zero attached hydrogens (tertiary/aromatic N) is 2. The summed E-state index contributed by atoms with van der Waals surface area (Å²) < 4.78 is 29.1. The molecule has 0 atom stereocenters. The molecule has 0 unspecified atom stereocenters. The lowest BCUT2D eigenvalue weighted by Crippen LogP contribution is -2.36. The first kappa shape index (κ1) is 21.8. The number of H-pyrrole nitrogens is 2. The van der Waals surface area contributed by atoms with Crippen molar-refractivity contribution in [3.63, 3.8) is 0 Å². The minimum Gasteiger partial charge on any atom is -0.364 e. The molecule has 1 fully saturated rings. The van der Waals surface area contributed by atoms with Crippen molar-refractivity contribution in [2.75, 3.05) is 0 Å². The van der Waals surface area contributed by atoms with Gasteiger partial charge in [-0.05, 0) is 49.2 Å². The number of fused-ring (bicyclic) bond motifs is 4. The summed E-state index contributed by atoms with van der Waals surface area (Å²) >= 11 is 0. The molecule has 0 radical (unpaired) electrons. The molecule has 5 N–H and O–H groups in total. The fraction of sp³-hybridized carbons (Fsp3) is 0.240. The Balaban J connectivity index is 1.50. The first-order valence-electron chi connectivity index (χ1n) is 11.6. The van der Waals surface area contributed by atoms with Crippen molar-refractivity contribution in [1.82, 2.24) is 24.7 Å². The van der Waals surface area contributed by atoms with E-state index in [2.05, 4.69) is 24.7 Å². The van der Waals surface area contributed by atoms with E-state index in [1.54, 1.807) is 24.3 Å². The van der Waals surface area contributed by atoms with E-state index < -0.39 is 15.9 Å². The molecule has 0 spiro atoms. The van der Waals surface area contributed by atoms with Gasteiger partial charge in [-0.15, -0.1) is 0 Å². The number of carbonyl (C=O) groups is 1. The number of nitrogens with one attached hydrogen (secondary N) is 3. The van der Waals surface area contributed by atoms with Gasteiger partial charge in [0.05, 0.1) is 21.4 Å². The maximum Gasteiger partial charge on any atom is 0.269 e. The molecule has 9 nitrogen and oxygen atoms in total. The highest BCUT2D eigenvalue weighted by atomic mass is 32.2. The van der Waals surface area contributed by atoms with Gasteiger partial charge in [-0.2, -0.15) is 0 Å². The van der Waals surface area contributed by atoms with Crippen molar-refractivity contribution in [2.45, 2.75) is 43.0 Å². The third-order valence-electron chi connectivity index (χ3n) is 6.66. The number of imidazole rings is 1. The van der Waals surface area contributed by atoms with Gasteiger partial charge in [0.25, 0.3) is 5.91 Å². The number of benzene rings is 2. The van der Waals surface area contributed by atoms with Gasteiger partial charge in [0.2, 0.25) is 10.0 Å². The second-order valence-electron chi connectivity index (χ2n) is 9.03. The summed E-state index contributed by atoms with van der Waals surface area (Å²) in [5, 5.41) is 1.31. The number of para-hydroxylation sites is 2. The highest BCUT2D eigenvalue weighted by Crippen LogP contribution is 2.32. The number of aromatic nitrogens is 4. The van der Waals surface area contributed by atoms with Crippen molar-refractivity contribution in [2.24, 2.45) is 5.73 Å². The van der Waals surface area contributed by atoms with Gasteiger partial charge in [0, 0.05) is 22.3 Å². The van der Waals surface area contributed by atoms with Gasteiger partial charge >= 0.3 is 0 Å². The average Bonchev–Trinajstić information content (AvgIpc) is 3.45. The minimum absolute atomic E-state index is 0.0437. The van der Waals surface area contributed by atoms with Gasteiger partial charge in [-0.25, -0.2) is 23.1 Å². The minimum atomic E-state index is -3.69. The number of nitrogens with two attached hydrogens (primary N) is 1. The fourth-order valence-electron chi connectivity index (χ4n) is 4.92. The lowest BCUT2D eigenvalue weighted by molar-refractivity contribution is 0.0997. The van der Waals surface area contributed by atoms with Crippen LogP contribution in [-0.2, 0) is 10.0 Å². The lowest BCUT2D eigenvalue weighted by Gasteiger charge is -2.22. The second-order valence-corrected chi connectivity index (χ2v) is 10.7. The number of carbonyl (C=O) groups excluding carboxylic acids is 1. The monoisotopic (exact) mass is 488 g/mol. The summed E-state index contributed by atoms with van der Waals surface area (Å²) in [6, 6.07) is 14.2. The van der Waals surface area contributed by atoms with E-state index in [-0.39, 0.29) is 16.6 Å². The van der Waals surface area contributed by atoms with Gasteiger partial charge in [-0.1, -0.05) is 31.4 Å². The Bertz CT molecular complexity index is 1680. The molecular weight excluding hydrogens is 464 g/mol. The van der Waals surface area contributed by atoms with Crippen LogP contribution in [0.5, 0.6) is 0 Å². The Kier molecular flexibility index (Phi) is 5.08. The standard InChI is InChI=1S/C25H24N6O3S/c26-24(32)23-22-17(13-21(28-23)25-29-19-8-4-5-9-20(19)30-25)16-12-15(10-11-18(16)27-22)35(33,34)31-14-6-2-1-3-7-14/h4-5,8-14,27,31H,1-3,6-7H2,(H2,26,32)(H,29,30). The molecule has 0 aliphatic heterocycles. The third kappa shape index (κ3) is 3.84. The van der Waals surface area contributed by atoms with Crippen LogP contribution in [0, 0.1) is 0 Å². The van der Waals surface area contributed by atoms with E-state index in [1.165, 1.54) is 0 Å². The molecule has 2 aromatic carbocycles. The van der Waals surface area contributed by atoms with E-state index in [1.807, 2.05) is 24.3 Å². The van der Waals surface area contributed by atoms with Gasteiger partial charge in [0.1, 0.15) is 5.69 Å². The first-order chi connectivity index (χ1) is 16.9. The molecule has 178 valence electrons. The maximum absolute atomic E-state index is 13.1. The molecule has 5 aromatic rings. The summed E-state index contributed by atoms with van der Waals surface area (Å²) in [6.45, 7) is 0. The van der Waals surface area contributed by atoms with Crippen LogP contribution in [0.1, 0.15) is 42.6 Å². The second kappa shape index (κ2) is 8.17. The van der Waals surface area contributed by atoms with Crippen LogP contribution in [0.15, 0.2) is 53.4 Å². The van der Waals surface area contributed by atoms with Gasteiger partial charge < -0.3 is 15.7 Å². The summed E-state index contributed by atoms with van der Waals surface area (Å²) in [4.78, 5) is 28.0. The molecule has 10 heteroatoms. The smallest absolute Gasteiger partial charge is 0.269 e. The molecule has 3 aromatic heterocycles. The van der Waals surface area contributed by atoms with Crippen LogP contribution in [-0.4, -0.2) is 40.3 Å². The number of aromatic amines is 2. The zero-order valence-electron chi connectivity index (χ0n) is 18.8. The number of hydrogen-bond donors (Lipinski definition) is 4. The van der Waals surface area contributed by atoms with Crippen LogP contribution >= 0.6 is 0 Å². The number of sulfonamides is 1. The first-order valence-corrected chi connectivity index (χ1v) is 13.1. The predicted octanol–water partition coefficient (Wildman–Crippen LogP) is 3.97. The highest BCUT2D eigenvalue weighted by molar-refractivity contribution is 7.89. The Morgan fingerprint density at radius 3 is 2.51 bits per heavy atom. The molecular formula is C25H24N6O3S. The maximum atomic E-state index is 13.1. The van der Waals surface area contributed by atoms with Crippen molar-refractivity contribution in [3.8, 4) is 11.5 Å². The Labute approximate surface area is 201 Å². The van der Waals surface area contributed by atoms with Crippen LogP contribution in [0.4, 0.5) is 0 Å². The van der Waals surface area contributed by atoms with Crippen molar-refractivity contribution in [3.05, 3.63) is 54.2 Å². The number of pyridine rings is 1. The predicted molar refractivity (Wildman–Crippen MR) is 134 cm³/mol. The SMILES string of the molecule is NC(=O)c1nc(-c2nc3ccccc3[nH]2)cc2c1[nH]c1ccc(S(=O)(=O)NC3CCCCC3)cc12. The number of primary amides is 1. The fourth-order valence-corrected chi connectivity index (χ4v) is 6.25. The molecule has 6 rings (SSSR count). The van der Waals surface area contributed by atoms with Crippen molar-refractivity contribution < 1.29 is 13.2 Å². The van der Waals surface area contributed by atoms with Crippen LogP contribution < -0.4 is 10.5 Å². The average molecular weight is 489 g/mol. The zero-order chi connectivity index (χ0) is 24.2. The summed E-state index contributed by atoms with van der Waals surface area (Å²) in [5.41, 5.74) is 8.93. The van der Waals surface area contributed by atoms with Crippen molar-refractivity contribution >= 4 is 48.8 Å². The molecule has 1 saturated carbocycles. The quantitative estimate of drug-likeness (QED) is 0.296. The third-order valence-corrected chi connectivity index (χ3v) is 8.18. The van der Waals surface area contributed by atoms with Crippen LogP contribution in [0.25, 0.3) is 44.4 Å². The van der Waals surface area contributed by atoms with E-state index in [0.29, 0.717) is 33.3 Å². The van der Waals surface area contributed by atoms with Crippen LogP contribution in [0.3, 0.4) is 0 Å². The Hall–Kier alpha value is -3.76. The van der Waals surface area contributed by atoms with E-state index in [0.717, 1.165) is 43.1 Å². The summed E-state index contributed by atoms with van der Waals surface area (Å²) in [6.07, 6.45) is 4.90. The highest BCUT2D eigenvalue weighted by Gasteiger charge is 2.24. The summed E-state index contributed by atoms with van der Waals surface area (Å²) in [7, 11) is -3.69. The Morgan fingerprint density at radius 2 is 1.74 bits per heavy atom. The number of amides is 1. The van der Waals surface area contributed by atoms with Gasteiger partial charge in [-0.3, -0.25) is 4.79 Å². The molecule has 1 aliphatic carbocycles. The topological polar surface area (TPSA) is 147 Å². The molecule has 0 bridgehead atoms. The normalized spacial score (nSPS) is 15.3. The molecule has 1 amide bonds. The number of hydrogen-bond acceptors (Lipinski definition) is 5. The largest absolute Gasteiger partial charge is 0.364 e. The Morgan fingerprint density at radius 1 is 0.943 bits per heavy atom. The van der Waals surface area contributed by atoms with Gasteiger partial charge in [0.15, 0.2) is 11.5 Å². The molecule has 1 aliphatic rings. The molecule has 0 saturated heterocycles. The summed E-state index contributed by atoms with van der Waals surface area (Å²) in [5.74, 6) is -0.195. The van der Waals surface area contributed by atoms with Crippen LogP contribution in [0.2, 0.25) is 0 Å². The molecule has 3 heterocycles. The lowest BCUT2D eigenvalue weighted by atomic mass is 9.96. The van der Waals surface area contributed by atoms with E-state index >= 15 is 0 Å². The van der Waals surface area contributed by atoms with Crippen molar-refractivity contribution in [1.29, 1.82) is 0 Å².